The van der Waals surface area contributed by atoms with Crippen LogP contribution in [0.15, 0.2) is 30.5 Å². The predicted octanol–water partition coefficient (Wildman–Crippen LogP) is 2.20. The van der Waals surface area contributed by atoms with E-state index >= 15 is 0 Å². The number of ether oxygens (including phenoxy) is 1. The predicted molar refractivity (Wildman–Crippen MR) is 92.1 cm³/mol. The maximum atomic E-state index is 13.1. The average molecular weight is 344 g/mol. The second-order valence-electron chi connectivity index (χ2n) is 6.23. The first-order chi connectivity index (χ1) is 12.0. The molecule has 25 heavy (non-hydrogen) atoms. The van der Waals surface area contributed by atoms with Crippen molar-refractivity contribution in [3.05, 3.63) is 53.1 Å². The first-order valence-corrected chi connectivity index (χ1v) is 8.13. The molecule has 132 valence electrons. The zero-order valence-corrected chi connectivity index (χ0v) is 14.6. The third-order valence-corrected chi connectivity index (χ3v) is 4.19. The Hall–Kier alpha value is -2.54. The van der Waals surface area contributed by atoms with E-state index in [0.717, 1.165) is 5.56 Å². The molecule has 0 N–H and O–H groups in total. The van der Waals surface area contributed by atoms with E-state index in [2.05, 4.69) is 9.97 Å². The molecule has 2 aromatic rings. The number of carbonyl (C=O) groups excluding carboxylic acids is 1. The number of carbonyl (C=O) groups is 1. The Kier molecular flexibility index (Phi) is 4.94. The number of hydrogen-bond donors (Lipinski definition) is 0. The molecule has 0 radical (unpaired) electrons. The smallest absolute Gasteiger partial charge is 0.257 e. The van der Waals surface area contributed by atoms with Crippen molar-refractivity contribution < 1.29 is 13.9 Å². The highest BCUT2D eigenvalue weighted by molar-refractivity contribution is 5.95. The van der Waals surface area contributed by atoms with E-state index in [1.807, 2.05) is 14.1 Å². The van der Waals surface area contributed by atoms with Gasteiger partial charge < -0.3 is 14.5 Å². The Morgan fingerprint density at radius 1 is 1.32 bits per heavy atom. The summed E-state index contributed by atoms with van der Waals surface area (Å²) in [6, 6.07) is 6.18. The van der Waals surface area contributed by atoms with Crippen LogP contribution in [0.5, 0.6) is 0 Å². The molecule has 1 aliphatic rings. The second-order valence-corrected chi connectivity index (χ2v) is 6.23. The quantitative estimate of drug-likeness (QED) is 0.854. The molecule has 0 unspecified atom stereocenters. The van der Waals surface area contributed by atoms with Crippen molar-refractivity contribution in [2.45, 2.75) is 13.0 Å². The number of aryl methyl sites for hydroxylation is 1. The minimum Gasteiger partial charge on any atom is -0.370 e. The highest BCUT2D eigenvalue weighted by Crippen LogP contribution is 2.24. The number of nitrogens with zero attached hydrogens (tertiary/aromatic N) is 4. The van der Waals surface area contributed by atoms with Gasteiger partial charge in [0, 0.05) is 26.8 Å². The van der Waals surface area contributed by atoms with E-state index in [1.54, 1.807) is 35.1 Å². The van der Waals surface area contributed by atoms with Gasteiger partial charge in [-0.25, -0.2) is 14.4 Å². The molecule has 1 atom stereocenters. The SMILES string of the molecule is Cc1nc(N(C)C)ncc1C(=O)N1CCO[C@@H](c2ccc(F)cc2)C1. The van der Waals surface area contributed by atoms with Crippen molar-refractivity contribution >= 4 is 11.9 Å². The Labute approximate surface area is 146 Å². The second kappa shape index (κ2) is 7.14. The summed E-state index contributed by atoms with van der Waals surface area (Å²) in [7, 11) is 3.71. The van der Waals surface area contributed by atoms with Crippen LogP contribution >= 0.6 is 0 Å². The minimum absolute atomic E-state index is 0.113. The third kappa shape index (κ3) is 3.76. The van der Waals surface area contributed by atoms with Crippen LogP contribution in [-0.4, -0.2) is 54.6 Å². The molecule has 1 amide bonds. The number of rotatable bonds is 3. The van der Waals surface area contributed by atoms with Crippen molar-refractivity contribution in [3.8, 4) is 0 Å². The third-order valence-electron chi connectivity index (χ3n) is 4.19. The molecule has 1 aromatic carbocycles. The molecular weight excluding hydrogens is 323 g/mol. The topological polar surface area (TPSA) is 58.6 Å². The summed E-state index contributed by atoms with van der Waals surface area (Å²) in [5.74, 6) is 0.166. The van der Waals surface area contributed by atoms with Crippen LogP contribution in [0.1, 0.15) is 27.7 Å². The summed E-state index contributed by atoms with van der Waals surface area (Å²) >= 11 is 0. The zero-order valence-electron chi connectivity index (χ0n) is 14.6. The fourth-order valence-corrected chi connectivity index (χ4v) is 2.76. The Bertz CT molecular complexity index is 764. The first kappa shape index (κ1) is 17.3. The Morgan fingerprint density at radius 2 is 2.04 bits per heavy atom. The van der Waals surface area contributed by atoms with Gasteiger partial charge in [-0.15, -0.1) is 0 Å². The van der Waals surface area contributed by atoms with Crippen molar-refractivity contribution in [1.29, 1.82) is 0 Å². The fourth-order valence-electron chi connectivity index (χ4n) is 2.76. The van der Waals surface area contributed by atoms with E-state index in [1.165, 1.54) is 12.1 Å². The van der Waals surface area contributed by atoms with E-state index in [0.29, 0.717) is 36.9 Å². The molecule has 1 aromatic heterocycles. The van der Waals surface area contributed by atoms with Gasteiger partial charge in [-0.3, -0.25) is 4.79 Å². The van der Waals surface area contributed by atoms with Gasteiger partial charge in [-0.1, -0.05) is 12.1 Å². The molecule has 0 spiro atoms. The highest BCUT2D eigenvalue weighted by Gasteiger charge is 2.27. The van der Waals surface area contributed by atoms with Gasteiger partial charge in [0.1, 0.15) is 11.9 Å². The van der Waals surface area contributed by atoms with E-state index in [-0.39, 0.29) is 17.8 Å². The first-order valence-electron chi connectivity index (χ1n) is 8.13. The van der Waals surface area contributed by atoms with Gasteiger partial charge in [-0.05, 0) is 24.6 Å². The molecule has 6 nitrogen and oxygen atoms in total. The number of hydrogen-bond acceptors (Lipinski definition) is 5. The van der Waals surface area contributed by atoms with Crippen LogP contribution in [-0.2, 0) is 4.74 Å². The van der Waals surface area contributed by atoms with Crippen LogP contribution in [0.25, 0.3) is 0 Å². The number of anilines is 1. The van der Waals surface area contributed by atoms with Crippen molar-refractivity contribution in [2.75, 3.05) is 38.7 Å². The zero-order chi connectivity index (χ0) is 18.0. The van der Waals surface area contributed by atoms with Crippen molar-refractivity contribution in [3.63, 3.8) is 0 Å². The molecule has 0 saturated carbocycles. The Balaban J connectivity index is 1.77. The molecule has 1 saturated heterocycles. The summed E-state index contributed by atoms with van der Waals surface area (Å²) in [4.78, 5) is 25.0. The van der Waals surface area contributed by atoms with Crippen LogP contribution in [0, 0.1) is 12.7 Å². The van der Waals surface area contributed by atoms with Crippen LogP contribution < -0.4 is 4.90 Å². The van der Waals surface area contributed by atoms with Crippen LogP contribution in [0.4, 0.5) is 10.3 Å². The Morgan fingerprint density at radius 3 is 2.68 bits per heavy atom. The van der Waals surface area contributed by atoms with E-state index in [4.69, 9.17) is 4.74 Å². The average Bonchev–Trinajstić information content (AvgIpc) is 2.61. The largest absolute Gasteiger partial charge is 0.370 e. The van der Waals surface area contributed by atoms with Crippen molar-refractivity contribution in [1.82, 2.24) is 14.9 Å². The molecular formula is C18H21FN4O2. The van der Waals surface area contributed by atoms with Gasteiger partial charge in [0.05, 0.1) is 24.4 Å². The molecule has 3 rings (SSSR count). The maximum Gasteiger partial charge on any atom is 0.257 e. The normalized spacial score (nSPS) is 17.4. The summed E-state index contributed by atoms with van der Waals surface area (Å²) in [5, 5.41) is 0. The number of benzene rings is 1. The number of aromatic nitrogens is 2. The number of halogens is 1. The lowest BCUT2D eigenvalue weighted by molar-refractivity contribution is -0.0229. The minimum atomic E-state index is -0.291. The number of amides is 1. The van der Waals surface area contributed by atoms with Gasteiger partial charge in [-0.2, -0.15) is 0 Å². The lowest BCUT2D eigenvalue weighted by Crippen LogP contribution is -2.42. The van der Waals surface area contributed by atoms with Crippen LogP contribution in [0.3, 0.4) is 0 Å². The van der Waals surface area contributed by atoms with Gasteiger partial charge in [0.2, 0.25) is 5.95 Å². The molecule has 7 heteroatoms. The molecule has 0 aliphatic carbocycles. The van der Waals surface area contributed by atoms with Crippen molar-refractivity contribution in [2.24, 2.45) is 0 Å². The standard InChI is InChI=1S/C18H21FN4O2/c1-12-15(10-20-18(21-12)22(2)3)17(24)23-8-9-25-16(11-23)13-4-6-14(19)7-5-13/h4-7,10,16H,8-9,11H2,1-3H3/t16-/m1/s1. The summed E-state index contributed by atoms with van der Waals surface area (Å²) < 4.78 is 18.8. The van der Waals surface area contributed by atoms with E-state index in [9.17, 15) is 9.18 Å². The molecule has 1 aliphatic heterocycles. The summed E-state index contributed by atoms with van der Waals surface area (Å²) in [6.07, 6.45) is 1.31. The molecule has 0 bridgehead atoms. The fraction of sp³-hybridized carbons (Fsp3) is 0.389. The lowest BCUT2D eigenvalue weighted by Gasteiger charge is -2.33. The van der Waals surface area contributed by atoms with Crippen LogP contribution in [0.2, 0.25) is 0 Å². The van der Waals surface area contributed by atoms with Gasteiger partial charge in [0.15, 0.2) is 0 Å². The molecule has 2 heterocycles. The monoisotopic (exact) mass is 344 g/mol. The molecule has 1 fully saturated rings. The maximum absolute atomic E-state index is 13.1. The number of morpholine rings is 1. The lowest BCUT2D eigenvalue weighted by atomic mass is 10.1. The highest BCUT2D eigenvalue weighted by atomic mass is 19.1. The van der Waals surface area contributed by atoms with E-state index < -0.39 is 0 Å². The van der Waals surface area contributed by atoms with Gasteiger partial charge >= 0.3 is 0 Å². The summed E-state index contributed by atoms with van der Waals surface area (Å²) in [5.41, 5.74) is 1.99. The summed E-state index contributed by atoms with van der Waals surface area (Å²) in [6.45, 7) is 3.16. The van der Waals surface area contributed by atoms with Gasteiger partial charge in [0.25, 0.3) is 5.91 Å².